The summed E-state index contributed by atoms with van der Waals surface area (Å²) < 4.78 is 0. The molecule has 0 heterocycles. The topological polar surface area (TPSA) is 27.3 Å². The second kappa shape index (κ2) is 6.45. The molecule has 0 aliphatic heterocycles. The maximum atomic E-state index is 6.26. The molecular weight excluding hydrogens is 258 g/mol. The molecule has 2 rings (SSSR count). The highest BCUT2D eigenvalue weighted by Crippen LogP contribution is 2.22. The fourth-order valence-corrected chi connectivity index (χ4v) is 1.96. The average Bonchev–Trinajstić information content (AvgIpc) is 2.41. The molecule has 3 nitrogen and oxygen atoms in total. The van der Waals surface area contributed by atoms with Crippen LogP contribution >= 0.6 is 11.6 Å². The molecule has 0 radical (unpaired) electrons. The number of rotatable bonds is 5. The minimum absolute atomic E-state index is 0.668. The van der Waals surface area contributed by atoms with Gasteiger partial charge in [0.15, 0.2) is 0 Å². The minimum Gasteiger partial charge on any atom is -0.378 e. The Morgan fingerprint density at radius 3 is 2.42 bits per heavy atom. The van der Waals surface area contributed by atoms with Gasteiger partial charge in [-0.3, -0.25) is 0 Å². The van der Waals surface area contributed by atoms with Crippen molar-refractivity contribution in [3.63, 3.8) is 0 Å². The summed E-state index contributed by atoms with van der Waals surface area (Å²) in [6.07, 6.45) is 0. The number of hydrazine groups is 1. The molecule has 0 bridgehead atoms. The highest BCUT2D eigenvalue weighted by atomic mass is 35.5. The second-order valence-electron chi connectivity index (χ2n) is 4.51. The SMILES string of the molecule is CN(C)c1ccc(CNNc2ccccc2)c(Cl)c1. The number of halogens is 1. The van der Waals surface area contributed by atoms with Crippen molar-refractivity contribution in [2.75, 3.05) is 24.4 Å². The normalized spacial score (nSPS) is 10.3. The van der Waals surface area contributed by atoms with Gasteiger partial charge >= 0.3 is 0 Å². The lowest BCUT2D eigenvalue weighted by Crippen LogP contribution is -2.21. The van der Waals surface area contributed by atoms with Crippen LogP contribution in [-0.2, 0) is 6.54 Å². The van der Waals surface area contributed by atoms with Crippen molar-refractivity contribution in [2.24, 2.45) is 0 Å². The van der Waals surface area contributed by atoms with Crippen molar-refractivity contribution in [3.05, 3.63) is 59.1 Å². The van der Waals surface area contributed by atoms with Crippen molar-refractivity contribution < 1.29 is 0 Å². The molecule has 0 spiro atoms. The lowest BCUT2D eigenvalue weighted by molar-refractivity contribution is 0.801. The van der Waals surface area contributed by atoms with E-state index in [9.17, 15) is 0 Å². The molecule has 0 fully saturated rings. The van der Waals surface area contributed by atoms with E-state index in [-0.39, 0.29) is 0 Å². The Labute approximate surface area is 119 Å². The summed E-state index contributed by atoms with van der Waals surface area (Å²) in [5.41, 5.74) is 9.50. The Bertz CT molecular complexity index is 526. The number of hydrogen-bond donors (Lipinski definition) is 2. The van der Waals surface area contributed by atoms with Gasteiger partial charge < -0.3 is 10.3 Å². The van der Waals surface area contributed by atoms with Crippen LogP contribution in [0.15, 0.2) is 48.5 Å². The molecule has 0 aliphatic carbocycles. The van der Waals surface area contributed by atoms with Crippen LogP contribution in [0.5, 0.6) is 0 Å². The Balaban J connectivity index is 1.93. The van der Waals surface area contributed by atoms with Crippen LogP contribution in [0.3, 0.4) is 0 Å². The lowest BCUT2D eigenvalue weighted by atomic mass is 10.2. The van der Waals surface area contributed by atoms with Crippen LogP contribution in [0.4, 0.5) is 11.4 Å². The minimum atomic E-state index is 0.668. The van der Waals surface area contributed by atoms with Gasteiger partial charge in [0.2, 0.25) is 0 Å². The third-order valence-corrected chi connectivity index (χ3v) is 3.19. The first-order valence-corrected chi connectivity index (χ1v) is 6.54. The third-order valence-electron chi connectivity index (χ3n) is 2.84. The van der Waals surface area contributed by atoms with E-state index in [1.165, 1.54) is 0 Å². The predicted octanol–water partition coefficient (Wildman–Crippen LogP) is 3.52. The van der Waals surface area contributed by atoms with E-state index in [4.69, 9.17) is 11.6 Å². The summed E-state index contributed by atoms with van der Waals surface area (Å²) in [5, 5.41) is 0.772. The quantitative estimate of drug-likeness (QED) is 0.818. The summed E-state index contributed by atoms with van der Waals surface area (Å²) in [4.78, 5) is 2.03. The van der Waals surface area contributed by atoms with Gasteiger partial charge in [-0.1, -0.05) is 35.9 Å². The highest BCUT2D eigenvalue weighted by molar-refractivity contribution is 6.31. The fraction of sp³-hybridized carbons (Fsp3) is 0.200. The van der Waals surface area contributed by atoms with Crippen LogP contribution in [-0.4, -0.2) is 14.1 Å². The van der Waals surface area contributed by atoms with E-state index in [1.54, 1.807) is 0 Å². The lowest BCUT2D eigenvalue weighted by Gasteiger charge is -2.15. The molecule has 0 aliphatic rings. The van der Waals surface area contributed by atoms with Gasteiger partial charge in [-0.05, 0) is 29.8 Å². The number of nitrogens with zero attached hydrogens (tertiary/aromatic N) is 1. The molecular formula is C15H18ClN3. The summed E-state index contributed by atoms with van der Waals surface area (Å²) in [5.74, 6) is 0. The number of benzene rings is 2. The van der Waals surface area contributed by atoms with Crippen LogP contribution in [0.2, 0.25) is 5.02 Å². The molecule has 19 heavy (non-hydrogen) atoms. The molecule has 0 atom stereocenters. The van der Waals surface area contributed by atoms with Crippen LogP contribution in [0, 0.1) is 0 Å². The number of para-hydroxylation sites is 1. The van der Waals surface area contributed by atoms with Crippen molar-refractivity contribution in [3.8, 4) is 0 Å². The standard InChI is InChI=1S/C15H18ClN3/c1-19(2)14-9-8-12(15(16)10-14)11-17-18-13-6-4-3-5-7-13/h3-10,17-18H,11H2,1-2H3. The molecule has 0 unspecified atom stereocenters. The maximum Gasteiger partial charge on any atom is 0.0487 e. The molecule has 2 N–H and O–H groups in total. The molecule has 2 aromatic rings. The second-order valence-corrected chi connectivity index (χ2v) is 4.92. The van der Waals surface area contributed by atoms with Crippen molar-refractivity contribution in [2.45, 2.75) is 6.54 Å². The van der Waals surface area contributed by atoms with Gasteiger partial charge in [-0.2, -0.15) is 0 Å². The molecule has 4 heteroatoms. The molecule has 0 saturated carbocycles. The van der Waals surface area contributed by atoms with Crippen LogP contribution in [0.25, 0.3) is 0 Å². The Kier molecular flexibility index (Phi) is 4.66. The Morgan fingerprint density at radius 2 is 1.79 bits per heavy atom. The van der Waals surface area contributed by atoms with E-state index < -0.39 is 0 Å². The Morgan fingerprint density at radius 1 is 1.05 bits per heavy atom. The monoisotopic (exact) mass is 275 g/mol. The van der Waals surface area contributed by atoms with Crippen molar-refractivity contribution in [1.82, 2.24) is 5.43 Å². The molecule has 0 saturated heterocycles. The number of hydrogen-bond acceptors (Lipinski definition) is 3. The fourth-order valence-electron chi connectivity index (χ4n) is 1.72. The first kappa shape index (κ1) is 13.7. The molecule has 0 aromatic heterocycles. The van der Waals surface area contributed by atoms with Gasteiger partial charge in [-0.25, -0.2) is 5.43 Å². The number of nitrogens with one attached hydrogen (secondary N) is 2. The Hall–Kier alpha value is -1.71. The number of anilines is 2. The van der Waals surface area contributed by atoms with E-state index in [0.29, 0.717) is 6.54 Å². The largest absolute Gasteiger partial charge is 0.378 e. The van der Waals surface area contributed by atoms with Gasteiger partial charge in [0.25, 0.3) is 0 Å². The smallest absolute Gasteiger partial charge is 0.0487 e. The van der Waals surface area contributed by atoms with Crippen LogP contribution in [0.1, 0.15) is 5.56 Å². The first-order chi connectivity index (χ1) is 9.16. The van der Waals surface area contributed by atoms with E-state index >= 15 is 0 Å². The molecule has 0 amide bonds. The van der Waals surface area contributed by atoms with Crippen molar-refractivity contribution >= 4 is 23.0 Å². The van der Waals surface area contributed by atoms with E-state index in [2.05, 4.69) is 16.9 Å². The van der Waals surface area contributed by atoms with E-state index in [1.807, 2.05) is 61.5 Å². The highest BCUT2D eigenvalue weighted by Gasteiger charge is 2.02. The summed E-state index contributed by atoms with van der Waals surface area (Å²) in [6, 6.07) is 16.0. The average molecular weight is 276 g/mol. The van der Waals surface area contributed by atoms with Gasteiger partial charge in [0, 0.05) is 37.0 Å². The van der Waals surface area contributed by atoms with Gasteiger partial charge in [0.1, 0.15) is 0 Å². The van der Waals surface area contributed by atoms with Crippen molar-refractivity contribution in [1.29, 1.82) is 0 Å². The summed E-state index contributed by atoms with van der Waals surface area (Å²) in [7, 11) is 4.00. The third kappa shape index (κ3) is 3.88. The zero-order chi connectivity index (χ0) is 13.7. The van der Waals surface area contributed by atoms with E-state index in [0.717, 1.165) is 22.0 Å². The first-order valence-electron chi connectivity index (χ1n) is 6.16. The summed E-state index contributed by atoms with van der Waals surface area (Å²) in [6.45, 7) is 0.668. The molecule has 2 aromatic carbocycles. The van der Waals surface area contributed by atoms with Gasteiger partial charge in [0.05, 0.1) is 0 Å². The zero-order valence-electron chi connectivity index (χ0n) is 11.2. The summed E-state index contributed by atoms with van der Waals surface area (Å²) >= 11 is 6.26. The van der Waals surface area contributed by atoms with Gasteiger partial charge in [-0.15, -0.1) is 0 Å². The maximum absolute atomic E-state index is 6.26. The van der Waals surface area contributed by atoms with Crippen LogP contribution < -0.4 is 15.8 Å². The predicted molar refractivity (Wildman–Crippen MR) is 82.7 cm³/mol. The zero-order valence-corrected chi connectivity index (χ0v) is 11.9. The molecule has 100 valence electrons.